The second-order valence-electron chi connectivity index (χ2n) is 5.29. The number of nitrogens with zero attached hydrogens (tertiary/aromatic N) is 1. The number of likely N-dealkylation sites (tertiary alicyclic amines) is 1. The summed E-state index contributed by atoms with van der Waals surface area (Å²) in [6, 6.07) is 3.32. The van der Waals surface area contributed by atoms with Gasteiger partial charge in [0.15, 0.2) is 0 Å². The smallest absolute Gasteiger partial charge is 0.417 e. The lowest BCUT2D eigenvalue weighted by Gasteiger charge is -2.30. The quantitative estimate of drug-likeness (QED) is 0.901. The highest BCUT2D eigenvalue weighted by Gasteiger charge is 2.35. The van der Waals surface area contributed by atoms with E-state index in [1.165, 1.54) is 6.07 Å². The van der Waals surface area contributed by atoms with Crippen molar-refractivity contribution in [1.29, 1.82) is 0 Å². The Morgan fingerprint density at radius 1 is 1.33 bits per heavy atom. The molecular formula is C14H17F3N2O2. The topological polar surface area (TPSA) is 52.6 Å². The summed E-state index contributed by atoms with van der Waals surface area (Å²) in [6.45, 7) is 1.81. The van der Waals surface area contributed by atoms with E-state index < -0.39 is 23.3 Å². The highest BCUT2D eigenvalue weighted by molar-refractivity contribution is 5.91. The first-order chi connectivity index (χ1) is 9.77. The average Bonchev–Trinajstić information content (AvgIpc) is 2.40. The number of carboxylic acid groups (broad SMARTS) is 1. The van der Waals surface area contributed by atoms with Crippen molar-refractivity contribution >= 4 is 11.7 Å². The summed E-state index contributed by atoms with van der Waals surface area (Å²) in [7, 11) is 2.01. The molecule has 2 rings (SSSR count). The van der Waals surface area contributed by atoms with E-state index in [4.69, 9.17) is 5.11 Å². The maximum Gasteiger partial charge on any atom is 0.417 e. The number of aromatic carboxylic acids is 1. The van der Waals surface area contributed by atoms with Gasteiger partial charge < -0.3 is 15.3 Å². The molecule has 1 aliphatic rings. The van der Waals surface area contributed by atoms with Crippen LogP contribution in [0.5, 0.6) is 0 Å². The lowest BCUT2D eigenvalue weighted by Crippen LogP contribution is -2.36. The third kappa shape index (κ3) is 3.87. The zero-order valence-electron chi connectivity index (χ0n) is 11.6. The fourth-order valence-electron chi connectivity index (χ4n) is 2.45. The molecule has 1 aromatic rings. The van der Waals surface area contributed by atoms with Crippen molar-refractivity contribution in [2.24, 2.45) is 0 Å². The summed E-state index contributed by atoms with van der Waals surface area (Å²) >= 11 is 0. The van der Waals surface area contributed by atoms with E-state index in [9.17, 15) is 18.0 Å². The first-order valence-corrected chi connectivity index (χ1v) is 6.67. The maximum absolute atomic E-state index is 12.8. The van der Waals surface area contributed by atoms with E-state index in [2.05, 4.69) is 10.2 Å². The molecule has 1 aliphatic heterocycles. The van der Waals surface area contributed by atoms with Crippen LogP contribution in [0.15, 0.2) is 18.2 Å². The summed E-state index contributed by atoms with van der Waals surface area (Å²) in [5.41, 5.74) is -1.43. The van der Waals surface area contributed by atoms with Gasteiger partial charge in [-0.3, -0.25) is 0 Å². The molecule has 1 aromatic carbocycles. The lowest BCUT2D eigenvalue weighted by molar-refractivity contribution is -0.138. The number of benzene rings is 1. The predicted octanol–water partition coefficient (Wildman–Crippen LogP) is 2.91. The molecule has 0 aromatic heterocycles. The number of carboxylic acids is 1. The highest BCUT2D eigenvalue weighted by Crippen LogP contribution is 2.33. The SMILES string of the molecule is CN1CCC(Nc2ccc(C(F)(F)F)c(C(=O)O)c2)CC1. The monoisotopic (exact) mass is 302 g/mol. The molecule has 1 heterocycles. The molecule has 0 atom stereocenters. The molecule has 0 aliphatic carbocycles. The Balaban J connectivity index is 2.18. The second kappa shape index (κ2) is 5.93. The van der Waals surface area contributed by atoms with E-state index in [1.54, 1.807) is 0 Å². The number of nitrogens with one attached hydrogen (secondary N) is 1. The van der Waals surface area contributed by atoms with Crippen LogP contribution in [0.1, 0.15) is 28.8 Å². The van der Waals surface area contributed by atoms with Crippen LogP contribution in [0.3, 0.4) is 0 Å². The molecule has 21 heavy (non-hydrogen) atoms. The summed E-state index contributed by atoms with van der Waals surface area (Å²) in [5, 5.41) is 12.1. The van der Waals surface area contributed by atoms with E-state index in [0.717, 1.165) is 38.1 Å². The zero-order valence-corrected chi connectivity index (χ0v) is 11.6. The number of anilines is 1. The maximum atomic E-state index is 12.8. The molecule has 116 valence electrons. The average molecular weight is 302 g/mol. The van der Waals surface area contributed by atoms with Crippen LogP contribution < -0.4 is 5.32 Å². The molecule has 0 saturated carbocycles. The van der Waals surface area contributed by atoms with Gasteiger partial charge in [-0.25, -0.2) is 4.79 Å². The lowest BCUT2D eigenvalue weighted by atomic mass is 10.0. The van der Waals surface area contributed by atoms with E-state index >= 15 is 0 Å². The Kier molecular flexibility index (Phi) is 4.41. The van der Waals surface area contributed by atoms with Crippen molar-refractivity contribution in [3.63, 3.8) is 0 Å². The number of rotatable bonds is 3. The van der Waals surface area contributed by atoms with Crippen molar-refractivity contribution in [1.82, 2.24) is 4.90 Å². The molecule has 0 unspecified atom stereocenters. The van der Waals surface area contributed by atoms with Gasteiger partial charge in [0.2, 0.25) is 0 Å². The van der Waals surface area contributed by atoms with E-state index in [0.29, 0.717) is 5.69 Å². The Labute approximate surface area is 120 Å². The van der Waals surface area contributed by atoms with Crippen LogP contribution in [0.4, 0.5) is 18.9 Å². The minimum Gasteiger partial charge on any atom is -0.478 e. The Bertz CT molecular complexity index is 523. The molecule has 0 radical (unpaired) electrons. The molecule has 1 saturated heterocycles. The largest absolute Gasteiger partial charge is 0.478 e. The molecule has 0 bridgehead atoms. The second-order valence-corrected chi connectivity index (χ2v) is 5.29. The summed E-state index contributed by atoms with van der Waals surface area (Å²) < 4.78 is 38.3. The van der Waals surface area contributed by atoms with Gasteiger partial charge in [0.25, 0.3) is 0 Å². The van der Waals surface area contributed by atoms with Gasteiger partial charge in [-0.05, 0) is 51.2 Å². The Morgan fingerprint density at radius 2 is 1.95 bits per heavy atom. The highest BCUT2D eigenvalue weighted by atomic mass is 19.4. The number of hydrogen-bond acceptors (Lipinski definition) is 3. The predicted molar refractivity (Wildman–Crippen MR) is 72.5 cm³/mol. The van der Waals surface area contributed by atoms with Crippen molar-refractivity contribution in [2.75, 3.05) is 25.5 Å². The number of piperidine rings is 1. The van der Waals surface area contributed by atoms with Gasteiger partial charge in [0.05, 0.1) is 11.1 Å². The van der Waals surface area contributed by atoms with Crippen LogP contribution in [0.2, 0.25) is 0 Å². The molecule has 0 amide bonds. The Hall–Kier alpha value is -1.76. The summed E-state index contributed by atoms with van der Waals surface area (Å²) in [5.74, 6) is -1.57. The van der Waals surface area contributed by atoms with Gasteiger partial charge in [-0.1, -0.05) is 0 Å². The standard InChI is InChI=1S/C14H17F3N2O2/c1-19-6-4-9(5-7-19)18-10-2-3-12(14(15,16)17)11(8-10)13(20)21/h2-3,8-9,18H,4-7H2,1H3,(H,20,21). The number of hydrogen-bond donors (Lipinski definition) is 2. The number of carbonyl (C=O) groups is 1. The van der Waals surface area contributed by atoms with Crippen LogP contribution in [0.25, 0.3) is 0 Å². The Morgan fingerprint density at radius 3 is 2.48 bits per heavy atom. The minimum absolute atomic E-state index is 0.152. The van der Waals surface area contributed by atoms with Gasteiger partial charge in [0, 0.05) is 11.7 Å². The van der Waals surface area contributed by atoms with Crippen molar-refractivity contribution < 1.29 is 23.1 Å². The van der Waals surface area contributed by atoms with Gasteiger partial charge in [-0.15, -0.1) is 0 Å². The van der Waals surface area contributed by atoms with Crippen LogP contribution in [-0.4, -0.2) is 42.2 Å². The van der Waals surface area contributed by atoms with E-state index in [-0.39, 0.29) is 6.04 Å². The molecule has 7 heteroatoms. The molecule has 2 N–H and O–H groups in total. The van der Waals surface area contributed by atoms with Crippen LogP contribution in [-0.2, 0) is 6.18 Å². The molecule has 1 fully saturated rings. The molecule has 4 nitrogen and oxygen atoms in total. The van der Waals surface area contributed by atoms with Crippen LogP contribution in [0, 0.1) is 0 Å². The van der Waals surface area contributed by atoms with E-state index in [1.807, 2.05) is 7.05 Å². The van der Waals surface area contributed by atoms with Gasteiger partial charge in [0.1, 0.15) is 0 Å². The fourth-order valence-corrected chi connectivity index (χ4v) is 2.45. The zero-order chi connectivity index (χ0) is 15.6. The minimum atomic E-state index is -4.67. The summed E-state index contributed by atoms with van der Waals surface area (Å²) in [4.78, 5) is 13.2. The normalized spacial score (nSPS) is 17.7. The summed E-state index contributed by atoms with van der Waals surface area (Å²) in [6.07, 6.45) is -2.92. The van der Waals surface area contributed by atoms with Crippen molar-refractivity contribution in [3.05, 3.63) is 29.3 Å². The molecular weight excluding hydrogens is 285 g/mol. The van der Waals surface area contributed by atoms with Crippen molar-refractivity contribution in [3.8, 4) is 0 Å². The third-order valence-electron chi connectivity index (χ3n) is 3.64. The first-order valence-electron chi connectivity index (χ1n) is 6.67. The van der Waals surface area contributed by atoms with Gasteiger partial charge >= 0.3 is 12.1 Å². The number of alkyl halides is 3. The van der Waals surface area contributed by atoms with Crippen LogP contribution >= 0.6 is 0 Å². The first kappa shape index (κ1) is 15.6. The number of halogens is 3. The fraction of sp³-hybridized carbons (Fsp3) is 0.500. The third-order valence-corrected chi connectivity index (χ3v) is 3.64. The van der Waals surface area contributed by atoms with Crippen molar-refractivity contribution in [2.45, 2.75) is 25.1 Å². The van der Waals surface area contributed by atoms with Gasteiger partial charge in [-0.2, -0.15) is 13.2 Å². The molecule has 0 spiro atoms.